The number of nitrogen functional groups attached to an aromatic ring is 1. The van der Waals surface area contributed by atoms with Crippen LogP contribution < -0.4 is 10.6 Å². The highest BCUT2D eigenvalue weighted by Gasteiger charge is 2.06. The summed E-state index contributed by atoms with van der Waals surface area (Å²) < 4.78 is 0.996. The van der Waals surface area contributed by atoms with Gasteiger partial charge in [0.25, 0.3) is 0 Å². The van der Waals surface area contributed by atoms with E-state index in [0.717, 1.165) is 28.1 Å². The third kappa shape index (κ3) is 2.97. The molecule has 1 aromatic carbocycles. The highest BCUT2D eigenvalue weighted by molar-refractivity contribution is 9.10. The van der Waals surface area contributed by atoms with Crippen molar-refractivity contribution in [2.45, 2.75) is 6.54 Å². The molecule has 3 nitrogen and oxygen atoms in total. The fourth-order valence-corrected chi connectivity index (χ4v) is 2.35. The van der Waals surface area contributed by atoms with Gasteiger partial charge in [0.1, 0.15) is 0 Å². The van der Waals surface area contributed by atoms with Crippen molar-refractivity contribution in [1.82, 2.24) is 4.98 Å². The Bertz CT molecular complexity index is 499. The van der Waals surface area contributed by atoms with Gasteiger partial charge in [-0.3, -0.25) is 4.98 Å². The van der Waals surface area contributed by atoms with Crippen molar-refractivity contribution >= 4 is 27.3 Å². The van der Waals surface area contributed by atoms with Gasteiger partial charge in [0.05, 0.1) is 17.9 Å². The summed E-state index contributed by atoms with van der Waals surface area (Å²) in [7, 11) is 2.03. The standard InChI is InChI=1S/C13H14BrN3/c1-17(9-11-4-2-3-7-16-11)13-6-5-10(15)8-12(13)14/h2-8H,9,15H2,1H3. The Hall–Kier alpha value is -1.55. The zero-order chi connectivity index (χ0) is 12.3. The van der Waals surface area contributed by atoms with Crippen molar-refractivity contribution in [2.75, 3.05) is 17.7 Å². The maximum atomic E-state index is 5.72. The minimum atomic E-state index is 0.756. The molecule has 88 valence electrons. The molecule has 2 rings (SSSR count). The first-order valence-corrected chi connectivity index (χ1v) is 6.12. The van der Waals surface area contributed by atoms with Gasteiger partial charge in [0.2, 0.25) is 0 Å². The molecular weight excluding hydrogens is 278 g/mol. The molecule has 0 saturated carbocycles. The lowest BCUT2D eigenvalue weighted by atomic mass is 10.2. The van der Waals surface area contributed by atoms with Crippen LogP contribution in [0.3, 0.4) is 0 Å². The van der Waals surface area contributed by atoms with Crippen molar-refractivity contribution in [3.05, 3.63) is 52.8 Å². The van der Waals surface area contributed by atoms with E-state index in [4.69, 9.17) is 5.73 Å². The van der Waals surface area contributed by atoms with E-state index >= 15 is 0 Å². The van der Waals surface area contributed by atoms with Gasteiger partial charge >= 0.3 is 0 Å². The summed E-state index contributed by atoms with van der Waals surface area (Å²) in [6.07, 6.45) is 1.81. The maximum absolute atomic E-state index is 5.72. The predicted octanol–water partition coefficient (Wildman–Crippen LogP) is 3.06. The monoisotopic (exact) mass is 291 g/mol. The van der Waals surface area contributed by atoms with E-state index < -0.39 is 0 Å². The van der Waals surface area contributed by atoms with Gasteiger partial charge in [-0.25, -0.2) is 0 Å². The van der Waals surface area contributed by atoms with Crippen LogP contribution in [0.1, 0.15) is 5.69 Å². The van der Waals surface area contributed by atoms with E-state index in [1.807, 2.05) is 43.4 Å². The second-order valence-corrected chi connectivity index (χ2v) is 4.74. The van der Waals surface area contributed by atoms with Crippen molar-refractivity contribution in [1.29, 1.82) is 0 Å². The fourth-order valence-electron chi connectivity index (χ4n) is 1.65. The Kier molecular flexibility index (Phi) is 3.64. The van der Waals surface area contributed by atoms with Crippen molar-refractivity contribution < 1.29 is 0 Å². The van der Waals surface area contributed by atoms with Gasteiger partial charge in [-0.15, -0.1) is 0 Å². The lowest BCUT2D eigenvalue weighted by Crippen LogP contribution is -2.17. The number of nitrogens with two attached hydrogens (primary N) is 1. The zero-order valence-corrected chi connectivity index (χ0v) is 11.2. The zero-order valence-electron chi connectivity index (χ0n) is 9.60. The second-order valence-electron chi connectivity index (χ2n) is 3.89. The van der Waals surface area contributed by atoms with Crippen LogP contribution in [-0.2, 0) is 6.54 Å². The summed E-state index contributed by atoms with van der Waals surface area (Å²) in [6, 6.07) is 11.7. The maximum Gasteiger partial charge on any atom is 0.0599 e. The van der Waals surface area contributed by atoms with E-state index in [0.29, 0.717) is 0 Å². The Labute approximate surface area is 109 Å². The summed E-state index contributed by atoms with van der Waals surface area (Å²) in [6.45, 7) is 0.767. The van der Waals surface area contributed by atoms with Gasteiger partial charge < -0.3 is 10.6 Å². The molecule has 17 heavy (non-hydrogen) atoms. The average molecular weight is 292 g/mol. The number of benzene rings is 1. The van der Waals surface area contributed by atoms with Gasteiger partial charge in [-0.05, 0) is 46.3 Å². The van der Waals surface area contributed by atoms with E-state index in [9.17, 15) is 0 Å². The first kappa shape index (κ1) is 11.9. The summed E-state index contributed by atoms with van der Waals surface area (Å²) in [5.41, 5.74) is 8.62. The Morgan fingerprint density at radius 1 is 1.29 bits per heavy atom. The van der Waals surface area contributed by atoms with Crippen LogP contribution in [0.15, 0.2) is 47.1 Å². The number of aromatic nitrogens is 1. The number of rotatable bonds is 3. The van der Waals surface area contributed by atoms with E-state index in [2.05, 4.69) is 25.8 Å². The molecule has 0 atom stereocenters. The molecule has 4 heteroatoms. The Morgan fingerprint density at radius 2 is 2.12 bits per heavy atom. The Morgan fingerprint density at radius 3 is 2.76 bits per heavy atom. The number of hydrogen-bond donors (Lipinski definition) is 1. The number of halogens is 1. The largest absolute Gasteiger partial charge is 0.399 e. The van der Waals surface area contributed by atoms with Crippen molar-refractivity contribution in [3.8, 4) is 0 Å². The van der Waals surface area contributed by atoms with Gasteiger partial charge in [-0.2, -0.15) is 0 Å². The molecule has 0 aliphatic rings. The molecule has 0 bridgehead atoms. The third-order valence-electron chi connectivity index (χ3n) is 2.51. The fraction of sp³-hybridized carbons (Fsp3) is 0.154. The van der Waals surface area contributed by atoms with E-state index in [1.165, 1.54) is 0 Å². The predicted molar refractivity (Wildman–Crippen MR) is 74.9 cm³/mol. The van der Waals surface area contributed by atoms with Crippen molar-refractivity contribution in [3.63, 3.8) is 0 Å². The van der Waals surface area contributed by atoms with E-state index in [1.54, 1.807) is 6.20 Å². The molecule has 2 aromatic rings. The van der Waals surface area contributed by atoms with Crippen LogP contribution in [-0.4, -0.2) is 12.0 Å². The normalized spacial score (nSPS) is 10.2. The molecule has 0 unspecified atom stereocenters. The first-order valence-electron chi connectivity index (χ1n) is 5.33. The highest BCUT2D eigenvalue weighted by atomic mass is 79.9. The average Bonchev–Trinajstić information content (AvgIpc) is 2.30. The lowest BCUT2D eigenvalue weighted by Gasteiger charge is -2.20. The summed E-state index contributed by atoms with van der Waals surface area (Å²) in [4.78, 5) is 6.44. The minimum absolute atomic E-state index is 0.756. The van der Waals surface area contributed by atoms with Crippen LogP contribution in [0.2, 0.25) is 0 Å². The molecule has 0 radical (unpaired) electrons. The smallest absolute Gasteiger partial charge is 0.0599 e. The topological polar surface area (TPSA) is 42.2 Å². The van der Waals surface area contributed by atoms with Crippen LogP contribution in [0.4, 0.5) is 11.4 Å². The van der Waals surface area contributed by atoms with Crippen LogP contribution in [0.25, 0.3) is 0 Å². The van der Waals surface area contributed by atoms with Crippen LogP contribution >= 0.6 is 15.9 Å². The Balaban J connectivity index is 2.17. The molecule has 0 fully saturated rings. The molecule has 2 N–H and O–H groups in total. The van der Waals surface area contributed by atoms with Crippen LogP contribution in [0.5, 0.6) is 0 Å². The summed E-state index contributed by atoms with van der Waals surface area (Å²) >= 11 is 3.52. The summed E-state index contributed by atoms with van der Waals surface area (Å²) in [5.74, 6) is 0. The molecule has 1 heterocycles. The second kappa shape index (κ2) is 5.19. The first-order chi connectivity index (χ1) is 8.16. The van der Waals surface area contributed by atoms with Crippen molar-refractivity contribution in [2.24, 2.45) is 0 Å². The molecule has 0 aliphatic heterocycles. The van der Waals surface area contributed by atoms with E-state index in [-0.39, 0.29) is 0 Å². The molecule has 0 spiro atoms. The number of anilines is 2. The molecule has 1 aromatic heterocycles. The quantitative estimate of drug-likeness (QED) is 0.884. The number of hydrogen-bond acceptors (Lipinski definition) is 3. The van der Waals surface area contributed by atoms with Gasteiger partial charge in [0.15, 0.2) is 0 Å². The molecular formula is C13H14BrN3. The summed E-state index contributed by atoms with van der Waals surface area (Å²) in [5, 5.41) is 0. The lowest BCUT2D eigenvalue weighted by molar-refractivity contribution is 0.883. The van der Waals surface area contributed by atoms with Crippen LogP contribution in [0, 0.1) is 0 Å². The number of nitrogens with zero attached hydrogens (tertiary/aromatic N) is 2. The van der Waals surface area contributed by atoms with Gasteiger partial charge in [-0.1, -0.05) is 6.07 Å². The minimum Gasteiger partial charge on any atom is -0.399 e. The molecule has 0 amide bonds. The number of pyridine rings is 1. The van der Waals surface area contributed by atoms with Gasteiger partial charge in [0, 0.05) is 23.4 Å². The highest BCUT2D eigenvalue weighted by Crippen LogP contribution is 2.28. The SMILES string of the molecule is CN(Cc1ccccn1)c1ccc(N)cc1Br. The third-order valence-corrected chi connectivity index (χ3v) is 3.14. The molecule has 0 aliphatic carbocycles. The molecule has 0 saturated heterocycles.